The van der Waals surface area contributed by atoms with Gasteiger partial charge in [-0.05, 0) is 70.6 Å². The molecule has 73 heavy (non-hydrogen) atoms. The number of phosphoric acid groups is 1. The minimum Gasteiger partial charge on any atom is -0.387 e. The number of rotatable bonds is 58. The first-order valence-corrected chi connectivity index (χ1v) is 33.0. The molecule has 0 rings (SSSR count). The molecule has 0 aromatic carbocycles. The predicted molar refractivity (Wildman–Crippen MR) is 318 cm³/mol. The molecule has 3 N–H and O–H groups in total. The van der Waals surface area contributed by atoms with Crippen molar-refractivity contribution in [3.8, 4) is 0 Å². The summed E-state index contributed by atoms with van der Waals surface area (Å²) in [7, 11) is 1.55. The molecule has 0 saturated carbocycles. The van der Waals surface area contributed by atoms with E-state index in [1.165, 1.54) is 238 Å². The molecule has 0 heterocycles. The van der Waals surface area contributed by atoms with Crippen LogP contribution < -0.4 is 5.32 Å². The lowest BCUT2D eigenvalue weighted by Gasteiger charge is -2.25. The average Bonchev–Trinajstić information content (AvgIpc) is 3.35. The first-order chi connectivity index (χ1) is 35.5. The van der Waals surface area contributed by atoms with Gasteiger partial charge in [-0.1, -0.05) is 274 Å². The van der Waals surface area contributed by atoms with Gasteiger partial charge in [0.15, 0.2) is 0 Å². The molecule has 3 unspecified atom stereocenters. The van der Waals surface area contributed by atoms with Gasteiger partial charge in [-0.3, -0.25) is 13.8 Å². The van der Waals surface area contributed by atoms with E-state index in [0.717, 1.165) is 44.9 Å². The quantitative estimate of drug-likeness (QED) is 0.0243. The molecule has 0 aromatic rings. The standard InChI is InChI=1S/C64H123N2O6P/c1-6-8-10-12-14-16-18-20-22-24-26-28-30-31-32-33-34-35-36-38-40-42-44-46-48-50-52-54-56-58-64(68)65-62(61-72-73(69,70)71-60-59-66(3,4)5)63(67)57-55-53-51-49-47-45-43-41-39-37-29-27-25-23-21-19-17-15-13-11-9-7-2/h31-32,39,41,47,49,55,57,62-63,67H,6-30,33-38,40,42-46,48,50-54,56,58-61H2,1-5H3,(H-,65,68,69,70)/p+1/b32-31-,41-39+,49-47+,57-55+. The van der Waals surface area contributed by atoms with Crippen LogP contribution in [0.1, 0.15) is 303 Å². The summed E-state index contributed by atoms with van der Waals surface area (Å²) in [5.74, 6) is -0.188. The zero-order valence-corrected chi connectivity index (χ0v) is 50.0. The fourth-order valence-electron chi connectivity index (χ4n) is 9.31. The molecule has 0 aliphatic rings. The van der Waals surface area contributed by atoms with Crippen LogP contribution in [-0.2, 0) is 18.4 Å². The van der Waals surface area contributed by atoms with Crippen LogP contribution in [0.5, 0.6) is 0 Å². The van der Waals surface area contributed by atoms with Crippen molar-refractivity contribution in [3.05, 3.63) is 48.6 Å². The van der Waals surface area contributed by atoms with E-state index in [-0.39, 0.29) is 19.1 Å². The number of unbranched alkanes of at least 4 members (excludes halogenated alkanes) is 39. The molecule has 0 aliphatic heterocycles. The molecule has 0 saturated heterocycles. The van der Waals surface area contributed by atoms with E-state index in [2.05, 4.69) is 55.6 Å². The van der Waals surface area contributed by atoms with Crippen molar-refractivity contribution in [1.29, 1.82) is 0 Å². The van der Waals surface area contributed by atoms with Crippen LogP contribution in [0.4, 0.5) is 0 Å². The number of nitrogens with zero attached hydrogens (tertiary/aromatic N) is 1. The Balaban J connectivity index is 4.18. The second kappa shape index (κ2) is 55.2. The number of likely N-dealkylation sites (N-methyl/N-ethyl adjacent to an activating group) is 1. The maximum absolute atomic E-state index is 13.0. The van der Waals surface area contributed by atoms with Gasteiger partial charge < -0.3 is 19.8 Å². The first-order valence-electron chi connectivity index (χ1n) is 31.5. The first kappa shape index (κ1) is 71.5. The van der Waals surface area contributed by atoms with Gasteiger partial charge in [0.2, 0.25) is 5.91 Å². The fraction of sp³-hybridized carbons (Fsp3) is 0.859. The second-order valence-corrected chi connectivity index (χ2v) is 24.2. The van der Waals surface area contributed by atoms with Crippen LogP contribution >= 0.6 is 7.82 Å². The molecule has 9 heteroatoms. The number of hydrogen-bond acceptors (Lipinski definition) is 5. The van der Waals surface area contributed by atoms with Crippen molar-refractivity contribution in [2.75, 3.05) is 40.9 Å². The highest BCUT2D eigenvalue weighted by atomic mass is 31.2. The molecule has 0 spiro atoms. The summed E-state index contributed by atoms with van der Waals surface area (Å²) in [6, 6.07) is -0.871. The van der Waals surface area contributed by atoms with Gasteiger partial charge in [-0.15, -0.1) is 0 Å². The summed E-state index contributed by atoms with van der Waals surface area (Å²) in [6.45, 7) is 4.82. The third kappa shape index (κ3) is 58.0. The Morgan fingerprint density at radius 1 is 0.452 bits per heavy atom. The third-order valence-electron chi connectivity index (χ3n) is 14.2. The summed E-state index contributed by atoms with van der Waals surface area (Å²) >= 11 is 0. The van der Waals surface area contributed by atoms with Gasteiger partial charge in [-0.2, -0.15) is 0 Å². The number of carbonyl (C=O) groups excluding carboxylic acids is 1. The van der Waals surface area contributed by atoms with Crippen molar-refractivity contribution in [2.45, 2.75) is 315 Å². The van der Waals surface area contributed by atoms with E-state index < -0.39 is 20.0 Å². The van der Waals surface area contributed by atoms with Gasteiger partial charge in [0.25, 0.3) is 0 Å². The summed E-state index contributed by atoms with van der Waals surface area (Å²) in [6.07, 6.45) is 73.8. The maximum Gasteiger partial charge on any atom is 0.472 e. The molecule has 0 aromatic heterocycles. The van der Waals surface area contributed by atoms with Crippen molar-refractivity contribution in [2.24, 2.45) is 0 Å². The van der Waals surface area contributed by atoms with E-state index in [9.17, 15) is 19.4 Å². The molecule has 0 radical (unpaired) electrons. The number of hydrogen-bond donors (Lipinski definition) is 3. The summed E-state index contributed by atoms with van der Waals surface area (Å²) < 4.78 is 23.7. The minimum absolute atomic E-state index is 0.0536. The monoisotopic (exact) mass is 1050 g/mol. The van der Waals surface area contributed by atoms with Crippen LogP contribution in [0.15, 0.2) is 48.6 Å². The Morgan fingerprint density at radius 3 is 1.10 bits per heavy atom. The number of phosphoric ester groups is 1. The van der Waals surface area contributed by atoms with Crippen LogP contribution in [0, 0.1) is 0 Å². The number of amides is 1. The topological polar surface area (TPSA) is 105 Å². The van der Waals surface area contributed by atoms with E-state index in [0.29, 0.717) is 17.4 Å². The van der Waals surface area contributed by atoms with E-state index in [4.69, 9.17) is 9.05 Å². The molecular weight excluding hydrogens is 924 g/mol. The van der Waals surface area contributed by atoms with Gasteiger partial charge in [0, 0.05) is 6.42 Å². The molecule has 8 nitrogen and oxygen atoms in total. The minimum atomic E-state index is -4.36. The highest BCUT2D eigenvalue weighted by Crippen LogP contribution is 2.43. The van der Waals surface area contributed by atoms with Crippen LogP contribution in [0.25, 0.3) is 0 Å². The number of nitrogens with one attached hydrogen (secondary N) is 1. The van der Waals surface area contributed by atoms with Crippen LogP contribution in [0.2, 0.25) is 0 Å². The molecular formula is C64H124N2O6P+. The number of quaternary nitrogens is 1. The number of allylic oxidation sites excluding steroid dienone is 7. The molecule has 0 fully saturated rings. The third-order valence-corrected chi connectivity index (χ3v) is 15.2. The van der Waals surface area contributed by atoms with Crippen molar-refractivity contribution < 1.29 is 32.9 Å². The van der Waals surface area contributed by atoms with Crippen molar-refractivity contribution >= 4 is 13.7 Å². The number of carbonyl (C=O) groups is 1. The lowest BCUT2D eigenvalue weighted by Crippen LogP contribution is -2.45. The van der Waals surface area contributed by atoms with Crippen LogP contribution in [0.3, 0.4) is 0 Å². The Kier molecular flexibility index (Phi) is 54.1. The smallest absolute Gasteiger partial charge is 0.387 e. The lowest BCUT2D eigenvalue weighted by molar-refractivity contribution is -0.870. The Morgan fingerprint density at radius 2 is 0.753 bits per heavy atom. The Labute approximate surface area is 454 Å². The molecule has 0 bridgehead atoms. The zero-order chi connectivity index (χ0) is 53.5. The SMILES string of the molecule is CCCCCCCCCCCCCC/C=C\CCCCCCCCCCCCCCCC(=O)NC(COP(=O)(O)OCC[N+](C)(C)C)C(O)/C=C/CC/C=C/CC/C=C/CCCCCCCCCCCCCC. The Hall–Kier alpha value is -1.54. The van der Waals surface area contributed by atoms with Crippen LogP contribution in [-0.4, -0.2) is 73.4 Å². The molecule has 430 valence electrons. The second-order valence-electron chi connectivity index (χ2n) is 22.8. The number of aliphatic hydroxyl groups is 1. The highest BCUT2D eigenvalue weighted by Gasteiger charge is 2.27. The predicted octanol–water partition coefficient (Wildman–Crippen LogP) is 19.5. The lowest BCUT2D eigenvalue weighted by atomic mass is 10.0. The number of aliphatic hydroxyl groups excluding tert-OH is 1. The van der Waals surface area contributed by atoms with E-state index in [1.54, 1.807) is 6.08 Å². The van der Waals surface area contributed by atoms with Crippen molar-refractivity contribution in [3.63, 3.8) is 0 Å². The summed E-state index contributed by atoms with van der Waals surface area (Å²) in [5, 5.41) is 13.9. The van der Waals surface area contributed by atoms with E-state index in [1.807, 2.05) is 27.2 Å². The largest absolute Gasteiger partial charge is 0.472 e. The molecule has 0 aliphatic carbocycles. The van der Waals surface area contributed by atoms with Gasteiger partial charge in [-0.25, -0.2) is 4.57 Å². The normalized spacial score (nSPS) is 14.1. The van der Waals surface area contributed by atoms with Crippen molar-refractivity contribution in [1.82, 2.24) is 5.32 Å². The zero-order valence-electron chi connectivity index (χ0n) is 49.1. The molecule has 1 amide bonds. The average molecular weight is 1050 g/mol. The van der Waals surface area contributed by atoms with Gasteiger partial charge in [0.1, 0.15) is 13.2 Å². The van der Waals surface area contributed by atoms with Gasteiger partial charge >= 0.3 is 7.82 Å². The van der Waals surface area contributed by atoms with Gasteiger partial charge in [0.05, 0.1) is 39.9 Å². The highest BCUT2D eigenvalue weighted by molar-refractivity contribution is 7.47. The maximum atomic E-state index is 13.0. The summed E-state index contributed by atoms with van der Waals surface area (Å²) in [4.78, 5) is 23.3. The fourth-order valence-corrected chi connectivity index (χ4v) is 10.0. The van der Waals surface area contributed by atoms with E-state index >= 15 is 0 Å². The molecule has 3 atom stereocenters. The summed E-state index contributed by atoms with van der Waals surface area (Å²) in [5.41, 5.74) is 0. The Bertz CT molecular complexity index is 1330.